The van der Waals surface area contributed by atoms with Crippen LogP contribution < -0.4 is 5.73 Å². The summed E-state index contributed by atoms with van der Waals surface area (Å²) in [7, 11) is 0. The van der Waals surface area contributed by atoms with Crippen LogP contribution in [0.3, 0.4) is 0 Å². The molecule has 4 heteroatoms. The molecule has 0 spiro atoms. The van der Waals surface area contributed by atoms with Gasteiger partial charge in [0.2, 0.25) is 0 Å². The van der Waals surface area contributed by atoms with Gasteiger partial charge in [-0.05, 0) is 6.92 Å². The Balaban J connectivity index is 3.39. The van der Waals surface area contributed by atoms with E-state index in [0.29, 0.717) is 17.9 Å². The van der Waals surface area contributed by atoms with Gasteiger partial charge in [-0.25, -0.2) is 4.68 Å². The predicted octanol–water partition coefficient (Wildman–Crippen LogP) is 1.65. The summed E-state index contributed by atoms with van der Waals surface area (Å²) in [6, 6.07) is 2.12. The second-order valence-corrected chi connectivity index (χ2v) is 4.29. The molecule has 0 aliphatic heterocycles. The molecule has 14 heavy (non-hydrogen) atoms. The highest BCUT2D eigenvalue weighted by Gasteiger charge is 2.25. The monoisotopic (exact) mass is 192 g/mol. The maximum atomic E-state index is 8.99. The van der Waals surface area contributed by atoms with Gasteiger partial charge in [-0.2, -0.15) is 10.4 Å². The first-order valence-corrected chi connectivity index (χ1v) is 4.68. The third kappa shape index (κ3) is 1.58. The summed E-state index contributed by atoms with van der Waals surface area (Å²) in [5, 5.41) is 13.3. The number of hydrogen-bond donors (Lipinski definition) is 1. The van der Waals surface area contributed by atoms with Crippen LogP contribution in [-0.2, 0) is 12.0 Å². The van der Waals surface area contributed by atoms with E-state index in [1.165, 1.54) is 0 Å². The lowest BCUT2D eigenvalue weighted by molar-refractivity contribution is 0.541. The van der Waals surface area contributed by atoms with E-state index in [0.717, 1.165) is 5.69 Å². The molecule has 0 atom stereocenters. The second kappa shape index (κ2) is 3.33. The van der Waals surface area contributed by atoms with E-state index >= 15 is 0 Å². The van der Waals surface area contributed by atoms with Crippen LogP contribution in [0.2, 0.25) is 0 Å². The van der Waals surface area contributed by atoms with E-state index in [4.69, 9.17) is 11.0 Å². The third-order valence-electron chi connectivity index (χ3n) is 2.11. The molecule has 0 aromatic carbocycles. The Kier molecular flexibility index (Phi) is 2.52. The molecule has 1 rings (SSSR count). The van der Waals surface area contributed by atoms with Crippen LogP contribution in [0, 0.1) is 11.3 Å². The molecule has 76 valence electrons. The lowest BCUT2D eigenvalue weighted by Crippen LogP contribution is -2.14. The molecule has 0 aliphatic rings. The predicted molar refractivity (Wildman–Crippen MR) is 55.7 cm³/mol. The molecule has 0 unspecified atom stereocenters. The highest BCUT2D eigenvalue weighted by molar-refractivity contribution is 5.53. The summed E-state index contributed by atoms with van der Waals surface area (Å²) >= 11 is 0. The fourth-order valence-corrected chi connectivity index (χ4v) is 1.35. The number of anilines is 1. The van der Waals surface area contributed by atoms with Gasteiger partial charge in [0.1, 0.15) is 17.5 Å². The lowest BCUT2D eigenvalue weighted by Gasteiger charge is -2.14. The quantitative estimate of drug-likeness (QED) is 0.735. The molecule has 1 heterocycles. The van der Waals surface area contributed by atoms with Gasteiger partial charge in [-0.3, -0.25) is 0 Å². The Morgan fingerprint density at radius 1 is 1.50 bits per heavy atom. The number of nitrogen functional groups attached to an aromatic ring is 1. The van der Waals surface area contributed by atoms with E-state index in [1.54, 1.807) is 4.68 Å². The number of nitriles is 1. The molecule has 0 radical (unpaired) electrons. The number of nitrogens with two attached hydrogens (primary N) is 1. The first kappa shape index (κ1) is 10.6. The van der Waals surface area contributed by atoms with Crippen molar-refractivity contribution in [3.05, 3.63) is 11.3 Å². The summed E-state index contributed by atoms with van der Waals surface area (Å²) in [6.45, 7) is 8.72. The van der Waals surface area contributed by atoms with Crippen molar-refractivity contribution in [2.75, 3.05) is 5.73 Å². The molecular weight excluding hydrogens is 176 g/mol. The zero-order valence-electron chi connectivity index (χ0n) is 9.13. The van der Waals surface area contributed by atoms with Crippen LogP contribution >= 0.6 is 0 Å². The van der Waals surface area contributed by atoms with Crippen LogP contribution in [0.4, 0.5) is 5.82 Å². The van der Waals surface area contributed by atoms with E-state index in [-0.39, 0.29) is 5.41 Å². The summed E-state index contributed by atoms with van der Waals surface area (Å²) in [4.78, 5) is 0. The molecule has 0 fully saturated rings. The van der Waals surface area contributed by atoms with Crippen molar-refractivity contribution in [2.24, 2.45) is 0 Å². The molecule has 0 amide bonds. The Hall–Kier alpha value is -1.50. The van der Waals surface area contributed by atoms with Gasteiger partial charge in [0.15, 0.2) is 0 Å². The summed E-state index contributed by atoms with van der Waals surface area (Å²) in [5.41, 5.74) is 6.95. The lowest BCUT2D eigenvalue weighted by atomic mass is 9.90. The van der Waals surface area contributed by atoms with Gasteiger partial charge < -0.3 is 5.73 Å². The SMILES string of the molecule is CCn1nc(C(C)(C)C)c(C#N)c1N. The van der Waals surface area contributed by atoms with Crippen LogP contribution in [0.1, 0.15) is 39.0 Å². The number of nitrogens with zero attached hydrogens (tertiary/aromatic N) is 3. The Morgan fingerprint density at radius 2 is 2.07 bits per heavy atom. The minimum atomic E-state index is -0.139. The van der Waals surface area contributed by atoms with Gasteiger partial charge in [-0.15, -0.1) is 0 Å². The van der Waals surface area contributed by atoms with Crippen LogP contribution in [0.25, 0.3) is 0 Å². The van der Waals surface area contributed by atoms with Gasteiger partial charge >= 0.3 is 0 Å². The smallest absolute Gasteiger partial charge is 0.140 e. The molecule has 4 nitrogen and oxygen atoms in total. The van der Waals surface area contributed by atoms with Crippen LogP contribution in [0.5, 0.6) is 0 Å². The average Bonchev–Trinajstić information content (AvgIpc) is 2.41. The second-order valence-electron chi connectivity index (χ2n) is 4.29. The van der Waals surface area contributed by atoms with Crippen molar-refractivity contribution in [3.63, 3.8) is 0 Å². The first-order valence-electron chi connectivity index (χ1n) is 4.68. The zero-order chi connectivity index (χ0) is 10.9. The van der Waals surface area contributed by atoms with E-state index in [2.05, 4.69) is 11.2 Å². The fourth-order valence-electron chi connectivity index (χ4n) is 1.35. The van der Waals surface area contributed by atoms with Crippen molar-refractivity contribution in [1.29, 1.82) is 5.26 Å². The maximum Gasteiger partial charge on any atom is 0.140 e. The maximum absolute atomic E-state index is 8.99. The van der Waals surface area contributed by atoms with E-state index in [9.17, 15) is 0 Å². The fraction of sp³-hybridized carbons (Fsp3) is 0.600. The number of aromatic nitrogens is 2. The molecule has 0 bridgehead atoms. The van der Waals surface area contributed by atoms with Crippen molar-refractivity contribution >= 4 is 5.82 Å². The minimum Gasteiger partial charge on any atom is -0.383 e. The molecule has 0 saturated carbocycles. The third-order valence-corrected chi connectivity index (χ3v) is 2.11. The molecule has 2 N–H and O–H groups in total. The Morgan fingerprint density at radius 3 is 2.36 bits per heavy atom. The molecule has 1 aromatic rings. The highest BCUT2D eigenvalue weighted by atomic mass is 15.3. The summed E-state index contributed by atoms with van der Waals surface area (Å²) < 4.78 is 1.67. The largest absolute Gasteiger partial charge is 0.383 e. The van der Waals surface area contributed by atoms with Crippen molar-refractivity contribution in [3.8, 4) is 6.07 Å². The zero-order valence-corrected chi connectivity index (χ0v) is 9.13. The van der Waals surface area contributed by atoms with Gasteiger partial charge in [0, 0.05) is 12.0 Å². The van der Waals surface area contributed by atoms with Crippen molar-refractivity contribution < 1.29 is 0 Å². The van der Waals surface area contributed by atoms with Crippen LogP contribution in [0.15, 0.2) is 0 Å². The van der Waals surface area contributed by atoms with Crippen molar-refractivity contribution in [1.82, 2.24) is 9.78 Å². The summed E-state index contributed by atoms with van der Waals surface area (Å²) in [6.07, 6.45) is 0. The minimum absolute atomic E-state index is 0.139. The number of aryl methyl sites for hydroxylation is 1. The molecular formula is C10H16N4. The standard InChI is InChI=1S/C10H16N4/c1-5-14-9(12)7(6-11)8(13-14)10(2,3)4/h5,12H2,1-4H3. The Labute approximate surface area is 84.3 Å². The molecule has 1 aromatic heterocycles. The van der Waals surface area contributed by atoms with Crippen molar-refractivity contribution in [2.45, 2.75) is 39.7 Å². The molecule has 0 aliphatic carbocycles. The summed E-state index contributed by atoms with van der Waals surface area (Å²) in [5.74, 6) is 0.472. The number of hydrogen-bond acceptors (Lipinski definition) is 3. The van der Waals surface area contributed by atoms with Gasteiger partial charge in [-0.1, -0.05) is 20.8 Å². The topological polar surface area (TPSA) is 67.6 Å². The van der Waals surface area contributed by atoms with Gasteiger partial charge in [0.25, 0.3) is 0 Å². The Bertz CT molecular complexity index is 376. The van der Waals surface area contributed by atoms with E-state index in [1.807, 2.05) is 27.7 Å². The molecule has 0 saturated heterocycles. The van der Waals surface area contributed by atoms with Crippen LogP contribution in [-0.4, -0.2) is 9.78 Å². The van der Waals surface area contributed by atoms with E-state index < -0.39 is 0 Å². The highest BCUT2D eigenvalue weighted by Crippen LogP contribution is 2.27. The van der Waals surface area contributed by atoms with Gasteiger partial charge in [0.05, 0.1) is 5.69 Å². The first-order chi connectivity index (χ1) is 6.41. The number of rotatable bonds is 1. The normalized spacial score (nSPS) is 11.4. The average molecular weight is 192 g/mol.